The van der Waals surface area contributed by atoms with Crippen LogP contribution in [-0.2, 0) is 28.6 Å². The number of hydrogen-bond donors (Lipinski definition) is 3. The summed E-state index contributed by atoms with van der Waals surface area (Å²) in [5, 5.41) is 14.3. The van der Waals surface area contributed by atoms with Crippen molar-refractivity contribution < 1.29 is 39.4 Å². The smallest absolute Gasteiger partial charge is 0.308 e. The molecule has 11 atom stereocenters. The maximum atomic E-state index is 14.8. The van der Waals surface area contributed by atoms with Crippen molar-refractivity contribution in [1.29, 1.82) is 0 Å². The number of carbonyl (C=O) groups is 3. The van der Waals surface area contributed by atoms with Gasteiger partial charge in [0.15, 0.2) is 5.78 Å². The largest absolute Gasteiger partial charge is 0.481 e. The number of quaternary nitrogens is 1. The van der Waals surface area contributed by atoms with E-state index in [-0.39, 0.29) is 35.6 Å². The normalized spacial score (nSPS) is 44.0. The van der Waals surface area contributed by atoms with Crippen LogP contribution in [0.15, 0.2) is 11.6 Å². The number of aliphatic carboxylic acids is 1. The number of carboxylic acids is 1. The summed E-state index contributed by atoms with van der Waals surface area (Å²) in [7, 11) is 0. The molecule has 4 aliphatic carbocycles. The number of ether oxygens (including phenoxy) is 3. The van der Waals surface area contributed by atoms with Crippen molar-refractivity contribution in [3.05, 3.63) is 11.6 Å². The summed E-state index contributed by atoms with van der Waals surface area (Å²) in [5.41, 5.74) is 2.05. The molecule has 0 aromatic heterocycles. The molecule has 1 aliphatic heterocycles. The lowest BCUT2D eigenvalue weighted by Gasteiger charge is -2.70. The van der Waals surface area contributed by atoms with Crippen molar-refractivity contribution in [3.63, 3.8) is 0 Å². The van der Waals surface area contributed by atoms with E-state index in [1.54, 1.807) is 0 Å². The maximum Gasteiger partial charge on any atom is 0.308 e. The Morgan fingerprint density at radius 3 is 2.46 bits per heavy atom. The van der Waals surface area contributed by atoms with E-state index >= 15 is 0 Å². The Labute approximate surface area is 276 Å². The Bertz CT molecular complexity index is 1240. The first kappa shape index (κ1) is 35.5. The van der Waals surface area contributed by atoms with Crippen molar-refractivity contribution in [2.45, 2.75) is 106 Å². The van der Waals surface area contributed by atoms with Crippen LogP contribution in [0.5, 0.6) is 0 Å². The van der Waals surface area contributed by atoms with Gasteiger partial charge in [-0.15, -0.1) is 0 Å². The van der Waals surface area contributed by atoms with Gasteiger partial charge in [-0.2, -0.15) is 0 Å². The van der Waals surface area contributed by atoms with Gasteiger partial charge in [0, 0.05) is 42.7 Å². The van der Waals surface area contributed by atoms with Crippen molar-refractivity contribution >= 4 is 17.7 Å². The fraction of sp³-hybridized carbons (Fsp3) is 0.865. The van der Waals surface area contributed by atoms with Gasteiger partial charge < -0.3 is 30.4 Å². The number of nitrogens with one attached hydrogen (secondary N) is 1. The molecule has 46 heavy (non-hydrogen) atoms. The molecule has 260 valence electrons. The summed E-state index contributed by atoms with van der Waals surface area (Å²) < 4.78 is 19.2. The highest BCUT2D eigenvalue weighted by Crippen LogP contribution is 2.74. The molecule has 5 aliphatic rings. The Balaban J connectivity index is 1.55. The van der Waals surface area contributed by atoms with Crippen LogP contribution in [0.25, 0.3) is 0 Å². The third-order valence-electron chi connectivity index (χ3n) is 14.4. The minimum atomic E-state index is -1.04. The fourth-order valence-electron chi connectivity index (χ4n) is 11.6. The van der Waals surface area contributed by atoms with Crippen LogP contribution in [0.2, 0.25) is 0 Å². The summed E-state index contributed by atoms with van der Waals surface area (Å²) in [6, 6.07) is 0. The lowest BCUT2D eigenvalue weighted by Crippen LogP contribution is -2.71. The highest BCUT2D eigenvalue weighted by Gasteiger charge is 2.74. The molecule has 4 fully saturated rings. The molecular weight excluding hydrogens is 584 g/mol. The molecule has 1 unspecified atom stereocenters. The Morgan fingerprint density at radius 1 is 1.11 bits per heavy atom. The minimum Gasteiger partial charge on any atom is -0.481 e. The van der Waals surface area contributed by atoms with Crippen molar-refractivity contribution in [3.8, 4) is 0 Å². The van der Waals surface area contributed by atoms with Crippen molar-refractivity contribution in [2.75, 3.05) is 39.5 Å². The molecule has 3 saturated carbocycles. The molecule has 9 heteroatoms. The minimum absolute atomic E-state index is 0.0471. The van der Waals surface area contributed by atoms with Crippen molar-refractivity contribution in [2.24, 2.45) is 56.7 Å². The first-order valence-electron chi connectivity index (χ1n) is 17.9. The first-order chi connectivity index (χ1) is 21.5. The second kappa shape index (κ2) is 12.6. The van der Waals surface area contributed by atoms with Gasteiger partial charge in [-0.3, -0.25) is 14.4 Å². The Kier molecular flexibility index (Phi) is 9.70. The number of hydrogen-bond acceptors (Lipinski definition) is 7. The lowest BCUT2D eigenvalue weighted by molar-refractivity contribution is -0.367. The number of carbonyl (C=O) groups excluding carboxylic acids is 2. The van der Waals surface area contributed by atoms with Gasteiger partial charge in [-0.05, 0) is 72.7 Å². The zero-order valence-electron chi connectivity index (χ0n) is 29.7. The van der Waals surface area contributed by atoms with Crippen LogP contribution in [0.1, 0.15) is 93.9 Å². The average molecular weight is 646 g/mol. The van der Waals surface area contributed by atoms with Crippen LogP contribution < -0.4 is 11.1 Å². The van der Waals surface area contributed by atoms with Crippen LogP contribution in [-0.4, -0.2) is 74.5 Å². The zero-order chi connectivity index (χ0) is 33.9. The van der Waals surface area contributed by atoms with E-state index in [1.807, 2.05) is 13.0 Å². The highest BCUT2D eigenvalue weighted by atomic mass is 16.6. The van der Waals surface area contributed by atoms with E-state index in [0.29, 0.717) is 38.7 Å². The number of fused-ring (bicyclic) bond motifs is 3. The maximum absolute atomic E-state index is 14.8. The summed E-state index contributed by atoms with van der Waals surface area (Å²) in [4.78, 5) is 40.6. The standard InChI is InChI=1S/C37H60N2O7/c1-22(2)23(3)33(5)12-13-35(7)25-10-11-28-34(6)20-44-21-37(28,26(25)18-29(41)36(35,8)30(33)32(42)43)19-27(46-24(4)40)31(34)45-17-16-39-15-9-14-38/h18,22-23,25,27-28,30-31,39H,9-17,19-21,38H2,1-8H3,(H,42,43)/p+1/t23-,25+,27-,28+,30-,31?,33-,34+,35-,36+,37+/m1/s1. The quantitative estimate of drug-likeness (QED) is 0.224. The van der Waals surface area contributed by atoms with Gasteiger partial charge in [0.25, 0.3) is 0 Å². The summed E-state index contributed by atoms with van der Waals surface area (Å²) in [6.45, 7) is 20.4. The molecule has 0 aromatic rings. The van der Waals surface area contributed by atoms with E-state index < -0.39 is 45.1 Å². The fourth-order valence-corrected chi connectivity index (χ4v) is 11.6. The number of ketones is 1. The van der Waals surface area contributed by atoms with Gasteiger partial charge in [0.1, 0.15) is 12.2 Å². The van der Waals surface area contributed by atoms with E-state index in [1.165, 1.54) is 6.92 Å². The topological polar surface area (TPSA) is 139 Å². The Morgan fingerprint density at radius 2 is 1.83 bits per heavy atom. The first-order valence-corrected chi connectivity index (χ1v) is 17.9. The zero-order valence-corrected chi connectivity index (χ0v) is 29.7. The van der Waals surface area contributed by atoms with E-state index in [9.17, 15) is 19.5 Å². The molecular formula is C37H61N2O7+. The summed E-state index contributed by atoms with van der Waals surface area (Å²) in [5.74, 6) is -1.35. The number of carboxylic acid groups (broad SMARTS) is 1. The van der Waals surface area contributed by atoms with Crippen LogP contribution >= 0.6 is 0 Å². The third kappa shape index (κ3) is 5.12. The van der Waals surface area contributed by atoms with E-state index in [2.05, 4.69) is 52.6 Å². The molecule has 2 bridgehead atoms. The molecule has 5 N–H and O–H groups in total. The molecule has 1 saturated heterocycles. The Hall–Kier alpha value is -1.81. The van der Waals surface area contributed by atoms with Crippen LogP contribution in [0.4, 0.5) is 0 Å². The monoisotopic (exact) mass is 645 g/mol. The molecule has 0 aromatic carbocycles. The number of esters is 1. The average Bonchev–Trinajstić information content (AvgIpc) is 2.97. The summed E-state index contributed by atoms with van der Waals surface area (Å²) in [6.07, 6.45) is 6.01. The SMILES string of the molecule is CC(=O)O[C@@H]1C[C@@]23COC[C@](C)(C1OCCNCCC[NH3+])[C@@H]2CC[C@H]1C3=CC(=O)[C@@]2(C)[C@H](C(=O)O)[C@@](C)([C@H](C)C(C)C)CC[C@]12C. The number of rotatable bonds is 11. The van der Waals surface area contributed by atoms with Gasteiger partial charge in [-0.1, -0.05) is 54.0 Å². The van der Waals surface area contributed by atoms with Crippen LogP contribution in [0.3, 0.4) is 0 Å². The molecule has 5 rings (SSSR count). The van der Waals surface area contributed by atoms with Gasteiger partial charge in [-0.25, -0.2) is 0 Å². The van der Waals surface area contributed by atoms with Gasteiger partial charge in [0.2, 0.25) is 0 Å². The predicted molar refractivity (Wildman–Crippen MR) is 174 cm³/mol. The molecule has 1 heterocycles. The molecule has 0 radical (unpaired) electrons. The highest BCUT2D eigenvalue weighted by molar-refractivity contribution is 6.00. The predicted octanol–water partition coefficient (Wildman–Crippen LogP) is 4.29. The van der Waals surface area contributed by atoms with Crippen LogP contribution in [0, 0.1) is 56.7 Å². The third-order valence-corrected chi connectivity index (χ3v) is 14.4. The molecule has 0 amide bonds. The lowest BCUT2D eigenvalue weighted by atomic mass is 9.34. The van der Waals surface area contributed by atoms with Gasteiger partial charge in [0.05, 0.1) is 32.3 Å². The van der Waals surface area contributed by atoms with Crippen molar-refractivity contribution in [1.82, 2.24) is 5.32 Å². The molecule has 9 nitrogen and oxygen atoms in total. The second-order valence-electron chi connectivity index (χ2n) is 16.8. The second-order valence-corrected chi connectivity index (χ2v) is 16.8. The molecule has 0 spiro atoms. The number of allylic oxidation sites excluding steroid dienone is 1. The van der Waals surface area contributed by atoms with E-state index in [0.717, 1.165) is 50.8 Å². The van der Waals surface area contributed by atoms with Gasteiger partial charge >= 0.3 is 11.9 Å². The summed E-state index contributed by atoms with van der Waals surface area (Å²) >= 11 is 0. The van der Waals surface area contributed by atoms with E-state index in [4.69, 9.17) is 14.2 Å².